The summed E-state index contributed by atoms with van der Waals surface area (Å²) in [4.78, 5) is 31.1. The third-order valence-corrected chi connectivity index (χ3v) is 8.31. The number of nitro benzene ring substituents is 1. The summed E-state index contributed by atoms with van der Waals surface area (Å²) in [5, 5.41) is 14.9. The maximum Gasteiger partial charge on any atom is 0.337 e. The van der Waals surface area contributed by atoms with Crippen molar-refractivity contribution >= 4 is 46.4 Å². The first kappa shape index (κ1) is 28.1. The van der Waals surface area contributed by atoms with E-state index in [1.807, 2.05) is 65.6 Å². The largest absolute Gasteiger partial charge is 0.465 e. The summed E-state index contributed by atoms with van der Waals surface area (Å²) >= 11 is 7.35. The molecular formula is C32H24N4O5S2. The third-order valence-electron chi connectivity index (χ3n) is 6.98. The molecule has 1 N–H and O–H groups in total. The van der Waals surface area contributed by atoms with Crippen LogP contribution in [0.5, 0.6) is 0 Å². The molecule has 5 aromatic rings. The molecule has 0 unspecified atom stereocenters. The number of esters is 1. The predicted molar refractivity (Wildman–Crippen MR) is 167 cm³/mol. The van der Waals surface area contributed by atoms with Crippen molar-refractivity contribution in [3.8, 4) is 11.3 Å². The summed E-state index contributed by atoms with van der Waals surface area (Å²) in [7, 11) is 1.35. The van der Waals surface area contributed by atoms with Gasteiger partial charge in [0.1, 0.15) is 17.6 Å². The van der Waals surface area contributed by atoms with Gasteiger partial charge >= 0.3 is 5.97 Å². The lowest BCUT2D eigenvalue weighted by molar-refractivity contribution is -0.384. The van der Waals surface area contributed by atoms with Gasteiger partial charge in [-0.1, -0.05) is 30.0 Å². The van der Waals surface area contributed by atoms with Crippen LogP contribution in [0, 0.1) is 10.1 Å². The van der Waals surface area contributed by atoms with E-state index < -0.39 is 10.9 Å². The normalized spacial score (nSPS) is 16.1. The zero-order valence-electron chi connectivity index (χ0n) is 22.7. The number of nitrogens with one attached hydrogen (secondary N) is 1. The standard InChI is InChI=1S/C32H24N4O5S2/c1-40-31(37)21-6-4-5-20(19-21)27-16-17-28(41-27)30-29(26-7-2-3-18-33-26)34-32(42)35(30)22-8-12-24(13-9-22)43-25-14-10-23(11-15-25)36(38)39/h2-19,29-30H,1H3,(H,34,42)/t29-,30+/m0/s1. The van der Waals surface area contributed by atoms with Crippen molar-refractivity contribution in [3.63, 3.8) is 0 Å². The number of anilines is 1. The number of ether oxygens (including phenoxy) is 1. The van der Waals surface area contributed by atoms with Gasteiger partial charge in [0.25, 0.3) is 5.69 Å². The molecular weight excluding hydrogens is 585 g/mol. The number of hydrogen-bond donors (Lipinski definition) is 1. The Balaban J connectivity index is 1.32. The Morgan fingerprint density at radius 1 is 1.00 bits per heavy atom. The van der Waals surface area contributed by atoms with Crippen molar-refractivity contribution in [1.29, 1.82) is 0 Å². The summed E-state index contributed by atoms with van der Waals surface area (Å²) in [5.41, 5.74) is 2.91. The number of nitro groups is 1. The number of benzene rings is 3. The number of methoxy groups -OCH3 is 1. The summed E-state index contributed by atoms with van der Waals surface area (Å²) in [6, 6.07) is 30.4. The number of non-ortho nitro benzene ring substituents is 1. The number of aromatic nitrogens is 1. The van der Waals surface area contributed by atoms with Gasteiger partial charge in [-0.25, -0.2) is 4.79 Å². The van der Waals surface area contributed by atoms with E-state index >= 15 is 0 Å². The monoisotopic (exact) mass is 608 g/mol. The van der Waals surface area contributed by atoms with Gasteiger partial charge in [-0.05, 0) is 85.0 Å². The van der Waals surface area contributed by atoms with Crippen LogP contribution >= 0.6 is 24.0 Å². The van der Waals surface area contributed by atoms with E-state index in [0.717, 1.165) is 26.7 Å². The molecule has 214 valence electrons. The van der Waals surface area contributed by atoms with Crippen molar-refractivity contribution in [1.82, 2.24) is 10.3 Å². The minimum Gasteiger partial charge on any atom is -0.465 e. The molecule has 11 heteroatoms. The topological polar surface area (TPSA) is 111 Å². The molecule has 9 nitrogen and oxygen atoms in total. The SMILES string of the molecule is COC(=O)c1cccc(-c2ccc([C@@H]3[C@H](c4ccccn4)NC(=S)N3c3ccc(Sc4ccc([N+](=O)[O-])cc4)cc3)o2)c1. The van der Waals surface area contributed by atoms with Crippen LogP contribution in [0.2, 0.25) is 0 Å². The number of carbonyl (C=O) groups is 1. The molecule has 43 heavy (non-hydrogen) atoms. The fraction of sp³-hybridized carbons (Fsp3) is 0.0938. The van der Waals surface area contributed by atoms with E-state index in [1.165, 1.54) is 31.0 Å². The molecule has 2 aromatic heterocycles. The van der Waals surface area contributed by atoms with Gasteiger partial charge in [-0.2, -0.15) is 0 Å². The number of thiocarbonyl (C=S) groups is 1. The predicted octanol–water partition coefficient (Wildman–Crippen LogP) is 7.36. The summed E-state index contributed by atoms with van der Waals surface area (Å²) in [5.74, 6) is 0.856. The van der Waals surface area contributed by atoms with Crippen LogP contribution < -0.4 is 10.2 Å². The lowest BCUT2D eigenvalue weighted by Crippen LogP contribution is -2.29. The Labute approximate surface area is 256 Å². The molecule has 1 fully saturated rings. The van der Waals surface area contributed by atoms with Crippen LogP contribution in [0.1, 0.15) is 33.9 Å². The summed E-state index contributed by atoms with van der Waals surface area (Å²) in [6.45, 7) is 0. The molecule has 0 bridgehead atoms. The molecule has 3 aromatic carbocycles. The molecule has 1 aliphatic rings. The Hall–Kier alpha value is -5.00. The van der Waals surface area contributed by atoms with Gasteiger partial charge in [0.15, 0.2) is 5.11 Å². The zero-order valence-corrected chi connectivity index (χ0v) is 24.4. The van der Waals surface area contributed by atoms with E-state index in [-0.39, 0.29) is 17.8 Å². The number of pyridine rings is 1. The smallest absolute Gasteiger partial charge is 0.337 e. The van der Waals surface area contributed by atoms with Gasteiger partial charge in [0, 0.05) is 39.4 Å². The number of hydrogen-bond acceptors (Lipinski definition) is 8. The quantitative estimate of drug-likeness (QED) is 0.0830. The van der Waals surface area contributed by atoms with Gasteiger partial charge in [-0.3, -0.25) is 15.1 Å². The first-order valence-corrected chi connectivity index (χ1v) is 14.5. The number of nitrogens with zero attached hydrogens (tertiary/aromatic N) is 3. The maximum absolute atomic E-state index is 12.1. The van der Waals surface area contributed by atoms with Crippen LogP contribution in [0.15, 0.2) is 124 Å². The van der Waals surface area contributed by atoms with Crippen molar-refractivity contribution in [2.45, 2.75) is 21.9 Å². The number of carbonyl (C=O) groups excluding carboxylic acids is 1. The molecule has 3 heterocycles. The lowest BCUT2D eigenvalue weighted by Gasteiger charge is -2.26. The Morgan fingerprint density at radius 2 is 1.74 bits per heavy atom. The molecule has 0 radical (unpaired) electrons. The molecule has 0 saturated carbocycles. The highest BCUT2D eigenvalue weighted by atomic mass is 32.2. The summed E-state index contributed by atoms with van der Waals surface area (Å²) in [6.07, 6.45) is 1.75. The average Bonchev–Trinajstić information content (AvgIpc) is 3.66. The second-order valence-corrected chi connectivity index (χ2v) is 11.2. The van der Waals surface area contributed by atoms with E-state index in [0.29, 0.717) is 22.2 Å². The second-order valence-electron chi connectivity index (χ2n) is 9.62. The highest BCUT2D eigenvalue weighted by Gasteiger charge is 2.42. The van der Waals surface area contributed by atoms with Gasteiger partial charge in [0.2, 0.25) is 0 Å². The van der Waals surface area contributed by atoms with Crippen molar-refractivity contribution < 1.29 is 18.9 Å². The van der Waals surface area contributed by atoms with Crippen LogP contribution in [0.4, 0.5) is 11.4 Å². The fourth-order valence-electron chi connectivity index (χ4n) is 4.95. The molecule has 2 atom stereocenters. The second kappa shape index (κ2) is 12.1. The average molecular weight is 609 g/mol. The van der Waals surface area contributed by atoms with E-state index in [4.69, 9.17) is 21.4 Å². The first-order valence-electron chi connectivity index (χ1n) is 13.2. The molecule has 0 aliphatic carbocycles. The minimum absolute atomic E-state index is 0.0560. The fourth-order valence-corrected chi connectivity index (χ4v) is 6.12. The Bertz CT molecular complexity index is 1790. The molecule has 6 rings (SSSR count). The molecule has 0 spiro atoms. The van der Waals surface area contributed by atoms with Crippen LogP contribution in [0.25, 0.3) is 11.3 Å². The number of furan rings is 1. The van der Waals surface area contributed by atoms with Gasteiger partial charge < -0.3 is 19.4 Å². The van der Waals surface area contributed by atoms with Crippen LogP contribution in [0.3, 0.4) is 0 Å². The first-order chi connectivity index (χ1) is 20.9. The highest BCUT2D eigenvalue weighted by Crippen LogP contribution is 2.43. The number of rotatable bonds is 8. The third kappa shape index (κ3) is 5.85. The van der Waals surface area contributed by atoms with Crippen molar-refractivity contribution in [3.05, 3.63) is 136 Å². The lowest BCUT2D eigenvalue weighted by atomic mass is 10.0. The minimum atomic E-state index is -0.421. The van der Waals surface area contributed by atoms with E-state index in [1.54, 1.807) is 36.5 Å². The van der Waals surface area contributed by atoms with Gasteiger partial charge in [0.05, 0.1) is 29.3 Å². The Morgan fingerprint density at radius 3 is 2.42 bits per heavy atom. The maximum atomic E-state index is 12.1. The van der Waals surface area contributed by atoms with Crippen LogP contribution in [-0.4, -0.2) is 28.1 Å². The molecule has 0 amide bonds. The molecule has 1 saturated heterocycles. The van der Waals surface area contributed by atoms with E-state index in [9.17, 15) is 14.9 Å². The van der Waals surface area contributed by atoms with Crippen molar-refractivity contribution in [2.75, 3.05) is 12.0 Å². The zero-order chi connectivity index (χ0) is 29.9. The van der Waals surface area contributed by atoms with Gasteiger partial charge in [-0.15, -0.1) is 0 Å². The van der Waals surface area contributed by atoms with Crippen molar-refractivity contribution in [2.24, 2.45) is 0 Å². The Kier molecular flexibility index (Phi) is 7.91. The molecule has 1 aliphatic heterocycles. The summed E-state index contributed by atoms with van der Waals surface area (Å²) < 4.78 is 11.3. The highest BCUT2D eigenvalue weighted by molar-refractivity contribution is 7.99. The van der Waals surface area contributed by atoms with E-state index in [2.05, 4.69) is 10.3 Å². The van der Waals surface area contributed by atoms with Crippen LogP contribution in [-0.2, 0) is 4.74 Å².